The van der Waals surface area contributed by atoms with E-state index in [1.807, 2.05) is 0 Å². The van der Waals surface area contributed by atoms with Gasteiger partial charge in [0.05, 0.1) is 18.4 Å². The van der Waals surface area contributed by atoms with Crippen molar-refractivity contribution in [3.63, 3.8) is 0 Å². The molecule has 1 amide bonds. The second-order valence-corrected chi connectivity index (χ2v) is 6.20. The molecule has 0 saturated heterocycles. The number of aliphatic hydroxyl groups excluding tert-OH is 2. The Hall–Kier alpha value is -2.32. The molecule has 134 valence electrons. The molecule has 0 aliphatic heterocycles. The molecule has 0 bridgehead atoms. The van der Waals surface area contributed by atoms with Crippen LogP contribution in [-0.4, -0.2) is 47.6 Å². The fourth-order valence-corrected chi connectivity index (χ4v) is 1.95. The van der Waals surface area contributed by atoms with Crippen molar-refractivity contribution >= 4 is 17.7 Å². The van der Waals surface area contributed by atoms with E-state index in [0.717, 1.165) is 0 Å². The maximum absolute atomic E-state index is 11.6. The minimum absolute atomic E-state index is 0.00756. The fraction of sp³-hybridized carbons (Fsp3) is 0.500. The number of carbonyl (C=O) groups excluding carboxylic acids is 2. The summed E-state index contributed by atoms with van der Waals surface area (Å²) in [6.45, 7) is 4.86. The van der Waals surface area contributed by atoms with Gasteiger partial charge in [0.2, 0.25) is 0 Å². The van der Waals surface area contributed by atoms with Crippen molar-refractivity contribution in [1.29, 1.82) is 0 Å². The number of aliphatic hydroxyl groups is 2. The summed E-state index contributed by atoms with van der Waals surface area (Å²) in [6, 6.07) is 4.43. The van der Waals surface area contributed by atoms with Crippen LogP contribution in [0.2, 0.25) is 0 Å². The average Bonchev–Trinajstić information content (AvgIpc) is 2.49. The number of benzene rings is 1. The van der Waals surface area contributed by atoms with Crippen LogP contribution in [-0.2, 0) is 9.47 Å². The Morgan fingerprint density at radius 1 is 1.29 bits per heavy atom. The number of para-hydroxylation sites is 1. The number of esters is 1. The van der Waals surface area contributed by atoms with E-state index in [9.17, 15) is 19.8 Å². The van der Waals surface area contributed by atoms with E-state index < -0.39 is 29.9 Å². The molecule has 8 heteroatoms. The Bertz CT molecular complexity index is 597. The number of nitrogens with one attached hydrogen (secondary N) is 1. The molecule has 1 rings (SSSR count). The Kier molecular flexibility index (Phi) is 6.56. The molecule has 1 aromatic carbocycles. The highest BCUT2D eigenvalue weighted by Gasteiger charge is 2.25. The highest BCUT2D eigenvalue weighted by molar-refractivity contribution is 5.95. The van der Waals surface area contributed by atoms with Gasteiger partial charge >= 0.3 is 12.1 Å². The first-order chi connectivity index (χ1) is 11.1. The maximum Gasteiger partial charge on any atom is 0.407 e. The number of methoxy groups -OCH3 is 1. The molecule has 0 aliphatic carbocycles. The van der Waals surface area contributed by atoms with Crippen molar-refractivity contribution in [3.8, 4) is 0 Å². The van der Waals surface area contributed by atoms with E-state index in [2.05, 4.69) is 10.1 Å². The molecule has 24 heavy (non-hydrogen) atoms. The molecule has 0 aliphatic rings. The SMILES string of the molecule is COC(=O)c1cccc(C(O)C(O)CNC(=O)OC(C)(C)C)c1N. The Balaban J connectivity index is 2.78. The second kappa shape index (κ2) is 7.98. The van der Waals surface area contributed by atoms with E-state index in [1.54, 1.807) is 20.8 Å². The third-order valence-electron chi connectivity index (χ3n) is 3.08. The fourth-order valence-electron chi connectivity index (χ4n) is 1.95. The molecular formula is C16H24N2O6. The number of hydrogen-bond donors (Lipinski definition) is 4. The van der Waals surface area contributed by atoms with Crippen molar-refractivity contribution in [1.82, 2.24) is 5.32 Å². The number of hydrogen-bond acceptors (Lipinski definition) is 7. The van der Waals surface area contributed by atoms with E-state index in [-0.39, 0.29) is 23.4 Å². The van der Waals surface area contributed by atoms with Gasteiger partial charge in [0.1, 0.15) is 17.8 Å². The average molecular weight is 340 g/mol. The third-order valence-corrected chi connectivity index (χ3v) is 3.08. The van der Waals surface area contributed by atoms with Crippen LogP contribution in [0.15, 0.2) is 18.2 Å². The highest BCUT2D eigenvalue weighted by Crippen LogP contribution is 2.26. The molecular weight excluding hydrogens is 316 g/mol. The van der Waals surface area contributed by atoms with Crippen molar-refractivity contribution < 1.29 is 29.3 Å². The molecule has 0 radical (unpaired) electrons. The predicted octanol–water partition coefficient (Wildman–Crippen LogP) is 0.974. The summed E-state index contributed by atoms with van der Waals surface area (Å²) in [5, 5.41) is 22.6. The van der Waals surface area contributed by atoms with Crippen LogP contribution in [0.4, 0.5) is 10.5 Å². The summed E-state index contributed by atoms with van der Waals surface area (Å²) in [6.07, 6.45) is -3.46. The molecule has 0 spiro atoms. The van der Waals surface area contributed by atoms with Gasteiger partial charge < -0.3 is 30.7 Å². The molecule has 1 aromatic rings. The van der Waals surface area contributed by atoms with Crippen LogP contribution in [0, 0.1) is 0 Å². The molecule has 5 N–H and O–H groups in total. The van der Waals surface area contributed by atoms with E-state index in [4.69, 9.17) is 10.5 Å². The van der Waals surface area contributed by atoms with Crippen molar-refractivity contribution in [2.75, 3.05) is 19.4 Å². The molecule has 0 aromatic heterocycles. The van der Waals surface area contributed by atoms with Gasteiger partial charge in [0, 0.05) is 12.1 Å². The monoisotopic (exact) mass is 340 g/mol. The number of anilines is 1. The second-order valence-electron chi connectivity index (χ2n) is 6.20. The summed E-state index contributed by atoms with van der Waals surface area (Å²) in [4.78, 5) is 23.2. The zero-order valence-corrected chi connectivity index (χ0v) is 14.2. The lowest BCUT2D eigenvalue weighted by atomic mass is 9.99. The molecule has 8 nitrogen and oxygen atoms in total. The van der Waals surface area contributed by atoms with E-state index in [1.165, 1.54) is 25.3 Å². The number of carbonyl (C=O) groups is 2. The van der Waals surface area contributed by atoms with Gasteiger partial charge in [-0.2, -0.15) is 0 Å². The van der Waals surface area contributed by atoms with E-state index >= 15 is 0 Å². The van der Waals surface area contributed by atoms with Gasteiger partial charge in [-0.15, -0.1) is 0 Å². The zero-order chi connectivity index (χ0) is 18.5. The quantitative estimate of drug-likeness (QED) is 0.464. The van der Waals surface area contributed by atoms with Crippen LogP contribution in [0.5, 0.6) is 0 Å². The number of ether oxygens (including phenoxy) is 2. The van der Waals surface area contributed by atoms with Gasteiger partial charge in [-0.1, -0.05) is 12.1 Å². The largest absolute Gasteiger partial charge is 0.465 e. The summed E-state index contributed by atoms with van der Waals surface area (Å²) in [5.41, 5.74) is 5.44. The third kappa shape index (κ3) is 5.39. The number of rotatable bonds is 5. The predicted molar refractivity (Wildman–Crippen MR) is 87.4 cm³/mol. The normalized spacial score (nSPS) is 13.8. The summed E-state index contributed by atoms with van der Waals surface area (Å²) < 4.78 is 9.63. The van der Waals surface area contributed by atoms with Gasteiger partial charge in [-0.3, -0.25) is 0 Å². The number of nitrogens with two attached hydrogens (primary N) is 1. The van der Waals surface area contributed by atoms with Crippen LogP contribution in [0.3, 0.4) is 0 Å². The maximum atomic E-state index is 11.6. The van der Waals surface area contributed by atoms with Gasteiger partial charge in [0.25, 0.3) is 0 Å². The van der Waals surface area contributed by atoms with Crippen molar-refractivity contribution in [3.05, 3.63) is 29.3 Å². The van der Waals surface area contributed by atoms with Crippen LogP contribution in [0.1, 0.15) is 42.8 Å². The smallest absolute Gasteiger partial charge is 0.407 e. The summed E-state index contributed by atoms with van der Waals surface area (Å²) in [5.74, 6) is -0.650. The van der Waals surface area contributed by atoms with Crippen molar-refractivity contribution in [2.45, 2.75) is 38.6 Å². The van der Waals surface area contributed by atoms with Gasteiger partial charge in [0.15, 0.2) is 0 Å². The molecule has 0 saturated carbocycles. The van der Waals surface area contributed by atoms with Gasteiger partial charge in [-0.25, -0.2) is 9.59 Å². The van der Waals surface area contributed by atoms with Gasteiger partial charge in [-0.05, 0) is 26.8 Å². The van der Waals surface area contributed by atoms with Crippen LogP contribution < -0.4 is 11.1 Å². The highest BCUT2D eigenvalue weighted by atomic mass is 16.6. The minimum Gasteiger partial charge on any atom is -0.465 e. The zero-order valence-electron chi connectivity index (χ0n) is 14.2. The summed E-state index contributed by atoms with van der Waals surface area (Å²) >= 11 is 0. The van der Waals surface area contributed by atoms with Crippen molar-refractivity contribution in [2.24, 2.45) is 0 Å². The minimum atomic E-state index is -1.40. The van der Waals surface area contributed by atoms with E-state index in [0.29, 0.717) is 0 Å². The lowest BCUT2D eigenvalue weighted by Crippen LogP contribution is -2.39. The molecule has 2 unspecified atom stereocenters. The Morgan fingerprint density at radius 2 is 1.92 bits per heavy atom. The molecule has 0 heterocycles. The Morgan fingerprint density at radius 3 is 2.46 bits per heavy atom. The number of amides is 1. The van der Waals surface area contributed by atoms with Crippen LogP contribution >= 0.6 is 0 Å². The Labute approximate surface area is 140 Å². The number of alkyl carbamates (subject to hydrolysis) is 1. The topological polar surface area (TPSA) is 131 Å². The first-order valence-corrected chi connectivity index (χ1v) is 7.36. The number of nitrogen functional groups attached to an aromatic ring is 1. The summed E-state index contributed by atoms with van der Waals surface area (Å²) in [7, 11) is 1.21. The molecule has 0 fully saturated rings. The first kappa shape index (κ1) is 19.7. The lowest BCUT2D eigenvalue weighted by molar-refractivity contribution is 0.0132. The lowest BCUT2D eigenvalue weighted by Gasteiger charge is -2.23. The molecule has 2 atom stereocenters. The van der Waals surface area contributed by atoms with Crippen LogP contribution in [0.25, 0.3) is 0 Å². The first-order valence-electron chi connectivity index (χ1n) is 7.36. The standard InChI is InChI=1S/C16H24N2O6/c1-16(2,3)24-15(22)18-8-11(19)13(20)9-6-5-7-10(12(9)17)14(21)23-4/h5-7,11,13,19-20H,8,17H2,1-4H3,(H,18,22).